The smallest absolute Gasteiger partial charge is 0.267 e. The van der Waals surface area contributed by atoms with Crippen LogP contribution in [0.5, 0.6) is 0 Å². The molecule has 5 heterocycles. The Kier molecular flexibility index (Phi) is 6.51. The summed E-state index contributed by atoms with van der Waals surface area (Å²) in [5.41, 5.74) is 3.48. The van der Waals surface area contributed by atoms with Crippen molar-refractivity contribution in [1.82, 2.24) is 45.1 Å². The van der Waals surface area contributed by atoms with E-state index in [1.54, 1.807) is 53.6 Å². The van der Waals surface area contributed by atoms with Crippen molar-refractivity contribution in [3.8, 4) is 34.0 Å². The quantitative estimate of drug-likeness (QED) is 0.297. The molecule has 0 aliphatic rings. The van der Waals surface area contributed by atoms with E-state index in [4.69, 9.17) is 11.6 Å². The molecule has 6 aromatic rings. The van der Waals surface area contributed by atoms with Crippen LogP contribution in [-0.4, -0.2) is 45.1 Å². The maximum Gasteiger partial charge on any atom is 0.293 e. The number of aromatic nitrogens is 10. The van der Waals surface area contributed by atoms with E-state index in [2.05, 4.69) is 35.7 Å². The minimum Gasteiger partial charge on any atom is -0.267 e. The summed E-state index contributed by atoms with van der Waals surface area (Å²) in [5, 5.41) is 27.8. The lowest BCUT2D eigenvalue weighted by atomic mass is 10.0. The van der Waals surface area contributed by atoms with Gasteiger partial charge in [0.05, 0.1) is 41.4 Å². The summed E-state index contributed by atoms with van der Waals surface area (Å²) in [7, 11) is 0. The number of H-pyrrole nitrogens is 1. The van der Waals surface area contributed by atoms with Crippen molar-refractivity contribution in [2.24, 2.45) is 0 Å². The first-order valence-corrected chi connectivity index (χ1v) is 12.2. The van der Waals surface area contributed by atoms with Crippen LogP contribution in [0.2, 0.25) is 5.02 Å². The molecule has 40 heavy (non-hydrogen) atoms. The van der Waals surface area contributed by atoms with Gasteiger partial charge in [-0.3, -0.25) is 14.3 Å². The fourth-order valence-corrected chi connectivity index (χ4v) is 4.47. The third-order valence-electron chi connectivity index (χ3n) is 6.22. The molecule has 0 fully saturated rings. The van der Waals surface area contributed by atoms with Gasteiger partial charge in [0, 0.05) is 29.7 Å². The first kappa shape index (κ1) is 25.0. The van der Waals surface area contributed by atoms with Gasteiger partial charge in [-0.15, -0.1) is 4.68 Å². The molecule has 1 N–H and O–H groups in total. The molecule has 196 valence electrons. The zero-order valence-corrected chi connectivity index (χ0v) is 21.2. The van der Waals surface area contributed by atoms with Gasteiger partial charge < -0.3 is 0 Å². The third kappa shape index (κ3) is 4.79. The van der Waals surface area contributed by atoms with Gasteiger partial charge >= 0.3 is 0 Å². The molecule has 11 nitrogen and oxygen atoms in total. The van der Waals surface area contributed by atoms with E-state index in [9.17, 15) is 9.65 Å². The number of pyridine rings is 2. The molecule has 0 unspecified atom stereocenters. The highest BCUT2D eigenvalue weighted by Gasteiger charge is 2.22. The number of halogens is 3. The van der Waals surface area contributed by atoms with E-state index in [-0.39, 0.29) is 22.8 Å². The van der Waals surface area contributed by atoms with Crippen LogP contribution >= 0.6 is 11.6 Å². The molecule has 1 aromatic carbocycles. The summed E-state index contributed by atoms with van der Waals surface area (Å²) in [6.45, 7) is 0.212. The van der Waals surface area contributed by atoms with Crippen molar-refractivity contribution in [2.75, 3.05) is 0 Å². The molecular weight excluding hydrogens is 540 g/mol. The fraction of sp³-hybridized carbons (Fsp3) is 0.0769. The molecule has 6 rings (SSSR count). The average Bonchev–Trinajstić information content (AvgIpc) is 3.76. The molecule has 0 radical (unpaired) electrons. The molecule has 1 atom stereocenters. The van der Waals surface area contributed by atoms with Crippen LogP contribution in [0.4, 0.5) is 8.78 Å². The van der Waals surface area contributed by atoms with Crippen LogP contribution in [0.25, 0.3) is 27.9 Å². The fourth-order valence-electron chi connectivity index (χ4n) is 4.32. The monoisotopic (exact) mass is 556 g/mol. The highest BCUT2D eigenvalue weighted by atomic mass is 35.5. The normalized spacial score (nSPS) is 11.8. The molecule has 0 spiro atoms. The van der Waals surface area contributed by atoms with E-state index in [1.165, 1.54) is 34.2 Å². The number of aromatic amines is 1. The number of hydrogen-bond acceptors (Lipinski definition) is 7. The number of hydrogen-bond donors (Lipinski definition) is 1. The highest BCUT2D eigenvalue weighted by molar-refractivity contribution is 6.31. The lowest BCUT2D eigenvalue weighted by Gasteiger charge is -2.18. The maximum absolute atomic E-state index is 15.3. The second-order valence-corrected chi connectivity index (χ2v) is 9.08. The zero-order chi connectivity index (χ0) is 27.6. The Bertz CT molecular complexity index is 1840. The lowest BCUT2D eigenvalue weighted by Crippen LogP contribution is -2.33. The van der Waals surface area contributed by atoms with E-state index in [0.29, 0.717) is 16.9 Å². The molecule has 0 amide bonds. The maximum atomic E-state index is 15.3. The van der Waals surface area contributed by atoms with Crippen LogP contribution in [0.3, 0.4) is 0 Å². The minimum atomic E-state index is -0.620. The van der Waals surface area contributed by atoms with Crippen LogP contribution < -0.4 is 4.68 Å². The number of nitriles is 1. The predicted octanol–water partition coefficient (Wildman–Crippen LogP) is 3.69. The summed E-state index contributed by atoms with van der Waals surface area (Å²) in [6.07, 6.45) is 10.3. The molecule has 5 aromatic heterocycles. The van der Waals surface area contributed by atoms with Crippen LogP contribution in [0.15, 0.2) is 79.9 Å². The van der Waals surface area contributed by atoms with Crippen molar-refractivity contribution < 1.29 is 13.5 Å². The highest BCUT2D eigenvalue weighted by Crippen LogP contribution is 2.32. The van der Waals surface area contributed by atoms with E-state index >= 15 is 4.39 Å². The van der Waals surface area contributed by atoms with Gasteiger partial charge in [-0.05, 0) is 35.9 Å². The van der Waals surface area contributed by atoms with Gasteiger partial charge in [0.2, 0.25) is 0 Å². The molecule has 0 bridgehead atoms. The van der Waals surface area contributed by atoms with E-state index in [0.717, 1.165) is 17.3 Å². The van der Waals surface area contributed by atoms with Crippen molar-refractivity contribution in [3.05, 3.63) is 108 Å². The Balaban J connectivity index is 1.39. The van der Waals surface area contributed by atoms with E-state index in [1.807, 2.05) is 6.07 Å². The van der Waals surface area contributed by atoms with E-state index < -0.39 is 17.7 Å². The summed E-state index contributed by atoms with van der Waals surface area (Å²) in [4.78, 5) is 8.64. The topological polar surface area (TPSA) is 131 Å². The molecule has 0 aliphatic carbocycles. The number of tetrazole rings is 1. The predicted molar refractivity (Wildman–Crippen MR) is 137 cm³/mol. The summed E-state index contributed by atoms with van der Waals surface area (Å²) >= 11 is 6.10. The van der Waals surface area contributed by atoms with Gasteiger partial charge in [-0.25, -0.2) is 13.8 Å². The Morgan fingerprint density at radius 3 is 2.62 bits per heavy atom. The molecule has 0 saturated heterocycles. The number of nitrogens with zero attached hydrogens (tertiary/aromatic N) is 10. The second-order valence-electron chi connectivity index (χ2n) is 8.68. The number of benzene rings is 1. The van der Waals surface area contributed by atoms with Crippen molar-refractivity contribution >= 4 is 11.6 Å². The molecular formula is C26H17ClF2N11+. The Hall–Kier alpha value is -5.35. The molecule has 0 saturated carbocycles. The van der Waals surface area contributed by atoms with Gasteiger partial charge in [-0.2, -0.15) is 15.5 Å². The molecule has 0 aliphatic heterocycles. The Labute approximate surface area is 229 Å². The van der Waals surface area contributed by atoms with Crippen molar-refractivity contribution in [2.45, 2.75) is 12.6 Å². The average molecular weight is 557 g/mol. The summed E-state index contributed by atoms with van der Waals surface area (Å²) in [5.74, 6) is -1.09. The Morgan fingerprint density at radius 2 is 1.90 bits per heavy atom. The zero-order valence-electron chi connectivity index (χ0n) is 20.4. The Morgan fingerprint density at radius 1 is 1.00 bits per heavy atom. The molecule has 14 heteroatoms. The third-order valence-corrected chi connectivity index (χ3v) is 6.51. The second kappa shape index (κ2) is 10.4. The van der Waals surface area contributed by atoms with Crippen LogP contribution in [0, 0.1) is 23.0 Å². The van der Waals surface area contributed by atoms with Gasteiger partial charge in [0.15, 0.2) is 16.8 Å². The largest absolute Gasteiger partial charge is 0.293 e. The lowest BCUT2D eigenvalue weighted by molar-refractivity contribution is -0.659. The SMILES string of the molecule is N#Cc1cc(-c2cnn([C@H](Cn3cc(F)cn3)c3ccc(-c4c(-[n+]5cnn[nH]5)ccc(Cl)c4F)cn3)c2)ccn1. The van der Waals surface area contributed by atoms with Crippen molar-refractivity contribution in [1.29, 1.82) is 5.26 Å². The summed E-state index contributed by atoms with van der Waals surface area (Å²) in [6, 6.07) is 11.5. The number of nitrogens with one attached hydrogen (secondary N) is 1. The first-order chi connectivity index (χ1) is 19.5. The van der Waals surface area contributed by atoms with Gasteiger partial charge in [-0.1, -0.05) is 22.9 Å². The number of rotatable bonds is 7. The standard InChI is InChI=1S/C26H16ClF2N11/c27-21-2-4-23(40-15-33-36-37-40)25(26(21)29)17-1-3-22(32-9-17)24(14-38-13-19(28)11-34-38)39-12-18(10-35-39)16-5-6-31-20(7-16)8-30/h1-7,9-13,15,24H,14H2/p+1/t24-/m1/s1. The van der Waals surface area contributed by atoms with Crippen LogP contribution in [-0.2, 0) is 6.54 Å². The van der Waals surface area contributed by atoms with Crippen LogP contribution in [0.1, 0.15) is 17.4 Å². The van der Waals surface area contributed by atoms with Crippen molar-refractivity contribution in [3.63, 3.8) is 0 Å². The first-order valence-electron chi connectivity index (χ1n) is 11.8. The summed E-state index contributed by atoms with van der Waals surface area (Å²) < 4.78 is 33.6. The minimum absolute atomic E-state index is 0.0470. The van der Waals surface area contributed by atoms with Gasteiger partial charge in [0.1, 0.15) is 28.6 Å². The van der Waals surface area contributed by atoms with Gasteiger partial charge in [0.25, 0.3) is 6.33 Å².